The molecule has 230 valence electrons. The van der Waals surface area contributed by atoms with Crippen LogP contribution in [0.4, 0.5) is 52.7 Å². The lowest BCUT2D eigenvalue weighted by molar-refractivity contribution is -0.168. The van der Waals surface area contributed by atoms with Gasteiger partial charge in [-0.15, -0.1) is 0 Å². The van der Waals surface area contributed by atoms with Gasteiger partial charge in [-0.25, -0.2) is 32.3 Å². The third kappa shape index (κ3) is 4.14. The standard InChI is InChI=1S/C26H6F12O6/c27-7-5-12(28)18(13(29)6-7)23(26(36,37)38,8-1-3-10(24(30,31)32)16-14(8)19(39)43-21(16)41)9-2-4-11(25(33,34)35)17-15(9)20(40)44-22(17)42/h1-6H. The van der Waals surface area contributed by atoms with Crippen LogP contribution in [0.3, 0.4) is 0 Å². The minimum atomic E-state index is -6.38. The summed E-state index contributed by atoms with van der Waals surface area (Å²) in [6.45, 7) is 0. The van der Waals surface area contributed by atoms with E-state index in [9.17, 15) is 49.9 Å². The number of fused-ring (bicyclic) bond motifs is 2. The Morgan fingerprint density at radius 3 is 1.07 bits per heavy atom. The number of rotatable bonds is 3. The Hall–Kier alpha value is -4.90. The number of carbonyl (C=O) groups excluding carboxylic acids is 4. The average molecular weight is 642 g/mol. The Morgan fingerprint density at radius 2 is 0.773 bits per heavy atom. The van der Waals surface area contributed by atoms with E-state index < -0.39 is 115 Å². The van der Waals surface area contributed by atoms with Crippen LogP contribution in [0.1, 0.15) is 69.2 Å². The van der Waals surface area contributed by atoms with E-state index in [2.05, 4.69) is 9.47 Å². The molecule has 44 heavy (non-hydrogen) atoms. The summed E-state index contributed by atoms with van der Waals surface area (Å²) in [4.78, 5) is 49.9. The maximum absolute atomic E-state index is 15.6. The first-order valence-electron chi connectivity index (χ1n) is 11.4. The fourth-order valence-corrected chi connectivity index (χ4v) is 5.29. The van der Waals surface area contributed by atoms with Crippen molar-refractivity contribution in [3.8, 4) is 0 Å². The molecular weight excluding hydrogens is 636 g/mol. The van der Waals surface area contributed by atoms with Gasteiger partial charge in [0.15, 0.2) is 0 Å². The summed E-state index contributed by atoms with van der Waals surface area (Å²) in [6.07, 6.45) is -17.5. The van der Waals surface area contributed by atoms with Gasteiger partial charge in [0.2, 0.25) is 0 Å². The van der Waals surface area contributed by atoms with E-state index >= 15 is 22.0 Å². The van der Waals surface area contributed by atoms with Crippen LogP contribution in [0.2, 0.25) is 0 Å². The fourth-order valence-electron chi connectivity index (χ4n) is 5.29. The van der Waals surface area contributed by atoms with Crippen molar-refractivity contribution in [3.63, 3.8) is 0 Å². The Labute approximate surface area is 233 Å². The molecule has 0 aliphatic carbocycles. The van der Waals surface area contributed by atoms with Gasteiger partial charge in [-0.3, -0.25) is 0 Å². The summed E-state index contributed by atoms with van der Waals surface area (Å²) >= 11 is 0. The van der Waals surface area contributed by atoms with Crippen molar-refractivity contribution in [1.29, 1.82) is 0 Å². The lowest BCUT2D eigenvalue weighted by Gasteiger charge is -2.39. The molecule has 2 aliphatic rings. The first kappa shape index (κ1) is 30.6. The highest BCUT2D eigenvalue weighted by atomic mass is 19.4. The van der Waals surface area contributed by atoms with Crippen molar-refractivity contribution in [2.45, 2.75) is 23.9 Å². The monoisotopic (exact) mass is 642 g/mol. The molecule has 0 N–H and O–H groups in total. The first-order chi connectivity index (χ1) is 20.1. The van der Waals surface area contributed by atoms with Gasteiger partial charge < -0.3 is 9.47 Å². The van der Waals surface area contributed by atoms with Gasteiger partial charge in [-0.1, -0.05) is 12.1 Å². The molecule has 0 saturated heterocycles. The van der Waals surface area contributed by atoms with Crippen LogP contribution in [0, 0.1) is 17.5 Å². The van der Waals surface area contributed by atoms with Crippen LogP contribution >= 0.6 is 0 Å². The van der Waals surface area contributed by atoms with Gasteiger partial charge in [0.1, 0.15) is 22.9 Å². The maximum atomic E-state index is 15.6. The highest BCUT2D eigenvalue weighted by molar-refractivity contribution is 6.18. The number of benzene rings is 3. The third-order valence-corrected chi connectivity index (χ3v) is 6.82. The number of halogens is 12. The second kappa shape index (κ2) is 9.30. The third-order valence-electron chi connectivity index (χ3n) is 6.82. The van der Waals surface area contributed by atoms with Gasteiger partial charge in [0, 0.05) is 17.7 Å². The van der Waals surface area contributed by atoms with E-state index in [1.165, 1.54) is 0 Å². The van der Waals surface area contributed by atoms with Gasteiger partial charge in [-0.05, 0) is 23.3 Å². The molecule has 0 unspecified atom stereocenters. The molecule has 18 heteroatoms. The zero-order chi connectivity index (χ0) is 32.9. The molecule has 0 spiro atoms. The molecule has 2 heterocycles. The first-order valence-corrected chi connectivity index (χ1v) is 11.4. The van der Waals surface area contributed by atoms with Crippen LogP contribution in [0.5, 0.6) is 0 Å². The number of cyclic esters (lactones) is 4. The Bertz CT molecular complexity index is 1720. The fraction of sp³-hybridized carbons (Fsp3) is 0.154. The predicted octanol–water partition coefficient (Wildman–Crippen LogP) is 6.66. The summed E-state index contributed by atoms with van der Waals surface area (Å²) in [5.41, 5.74) is -22.8. The molecule has 3 aromatic rings. The lowest BCUT2D eigenvalue weighted by atomic mass is 9.64. The van der Waals surface area contributed by atoms with Crippen LogP contribution in [0.15, 0.2) is 36.4 Å². The summed E-state index contributed by atoms with van der Waals surface area (Å²) in [5, 5.41) is 0. The predicted molar refractivity (Wildman–Crippen MR) is 115 cm³/mol. The summed E-state index contributed by atoms with van der Waals surface area (Å²) < 4.78 is 182. The molecular formula is C26H6F12O6. The van der Waals surface area contributed by atoms with Crippen molar-refractivity contribution >= 4 is 23.9 Å². The number of esters is 4. The summed E-state index contributed by atoms with van der Waals surface area (Å²) in [5.74, 6) is -15.5. The van der Waals surface area contributed by atoms with Crippen molar-refractivity contribution in [1.82, 2.24) is 0 Å². The van der Waals surface area contributed by atoms with E-state index in [0.29, 0.717) is 0 Å². The molecule has 2 aliphatic heterocycles. The van der Waals surface area contributed by atoms with E-state index in [4.69, 9.17) is 0 Å². The molecule has 0 bridgehead atoms. The molecule has 0 saturated carbocycles. The minimum Gasteiger partial charge on any atom is -0.386 e. The van der Waals surface area contributed by atoms with Crippen molar-refractivity contribution < 1.29 is 81.3 Å². The lowest BCUT2D eigenvalue weighted by Crippen LogP contribution is -2.48. The van der Waals surface area contributed by atoms with E-state index in [1.54, 1.807) is 0 Å². The summed E-state index contributed by atoms with van der Waals surface area (Å²) in [6, 6.07) is -1.49. The molecule has 0 aromatic heterocycles. The van der Waals surface area contributed by atoms with Gasteiger partial charge >= 0.3 is 42.4 Å². The van der Waals surface area contributed by atoms with Gasteiger partial charge in [0.25, 0.3) is 0 Å². The van der Waals surface area contributed by atoms with Crippen LogP contribution in [-0.4, -0.2) is 30.1 Å². The van der Waals surface area contributed by atoms with E-state index in [1.807, 2.05) is 0 Å². The van der Waals surface area contributed by atoms with Gasteiger partial charge in [-0.2, -0.15) is 39.5 Å². The van der Waals surface area contributed by atoms with Crippen LogP contribution in [0.25, 0.3) is 0 Å². The largest absolute Gasteiger partial charge is 0.417 e. The quantitative estimate of drug-likeness (QED) is 0.138. The van der Waals surface area contributed by atoms with E-state index in [-0.39, 0.29) is 36.4 Å². The molecule has 0 fully saturated rings. The molecule has 0 atom stereocenters. The minimum absolute atomic E-state index is 0.177. The zero-order valence-electron chi connectivity index (χ0n) is 20.4. The highest BCUT2D eigenvalue weighted by Crippen LogP contribution is 2.57. The Balaban J connectivity index is 2.11. The van der Waals surface area contributed by atoms with Crippen molar-refractivity contribution in [2.24, 2.45) is 0 Å². The number of hydrogen-bond donors (Lipinski definition) is 0. The molecule has 3 aromatic carbocycles. The second-order valence-electron chi connectivity index (χ2n) is 9.16. The number of carbonyl (C=O) groups is 4. The number of ether oxygens (including phenoxy) is 2. The highest BCUT2D eigenvalue weighted by Gasteiger charge is 2.65. The molecule has 5 rings (SSSR count). The average Bonchev–Trinajstić information content (AvgIpc) is 3.33. The number of alkyl halides is 9. The van der Waals surface area contributed by atoms with Crippen molar-refractivity contribution in [3.05, 3.63) is 104 Å². The zero-order valence-corrected chi connectivity index (χ0v) is 20.4. The normalized spacial score (nSPS) is 15.4. The smallest absolute Gasteiger partial charge is 0.386 e. The maximum Gasteiger partial charge on any atom is 0.417 e. The van der Waals surface area contributed by atoms with Crippen molar-refractivity contribution in [2.75, 3.05) is 0 Å². The Morgan fingerprint density at radius 1 is 0.477 bits per heavy atom. The topological polar surface area (TPSA) is 86.7 Å². The Kier molecular flexibility index (Phi) is 6.46. The second-order valence-corrected chi connectivity index (χ2v) is 9.16. The SMILES string of the molecule is O=C1OC(=O)c2c(C(c3ccc(C(F)(F)F)c4c3C(=O)OC4=O)(c3c(F)cc(F)cc3F)C(F)(F)F)ccc(C(F)(F)F)c21. The summed E-state index contributed by atoms with van der Waals surface area (Å²) in [7, 11) is 0. The molecule has 0 radical (unpaired) electrons. The van der Waals surface area contributed by atoms with Crippen LogP contribution in [-0.2, 0) is 27.2 Å². The van der Waals surface area contributed by atoms with Crippen LogP contribution < -0.4 is 0 Å². The van der Waals surface area contributed by atoms with E-state index in [0.717, 1.165) is 0 Å². The van der Waals surface area contributed by atoms with Gasteiger partial charge in [0.05, 0.1) is 33.4 Å². The number of hydrogen-bond acceptors (Lipinski definition) is 6. The molecule has 6 nitrogen and oxygen atoms in total. The molecule has 0 amide bonds.